The number of hydrogen-bond donors (Lipinski definition) is 1. The number of aromatic nitrogens is 1. The monoisotopic (exact) mass is 404 g/mol. The molecule has 1 aromatic heterocycles. The van der Waals surface area contributed by atoms with Gasteiger partial charge in [-0.15, -0.1) is 0 Å². The predicted molar refractivity (Wildman–Crippen MR) is 100 cm³/mol. The van der Waals surface area contributed by atoms with Crippen LogP contribution in [0, 0.1) is 0 Å². The normalized spacial score (nSPS) is 11.3. The Bertz CT molecular complexity index is 922. The first-order valence-electron chi connectivity index (χ1n) is 8.94. The molecule has 29 heavy (non-hydrogen) atoms. The lowest BCUT2D eigenvalue weighted by atomic mass is 10.2. The van der Waals surface area contributed by atoms with Crippen LogP contribution < -0.4 is 10.1 Å². The molecule has 0 aliphatic heterocycles. The van der Waals surface area contributed by atoms with E-state index in [1.807, 2.05) is 30.3 Å². The first-order chi connectivity index (χ1) is 13.9. The number of halogens is 3. The van der Waals surface area contributed by atoms with Crippen molar-refractivity contribution >= 4 is 5.91 Å². The molecule has 0 spiro atoms. The Morgan fingerprint density at radius 3 is 2.48 bits per heavy atom. The summed E-state index contributed by atoms with van der Waals surface area (Å²) in [4.78, 5) is 16.2. The summed E-state index contributed by atoms with van der Waals surface area (Å²) < 4.78 is 46.7. The molecular formula is C21H19F3N2O3. The van der Waals surface area contributed by atoms with Crippen molar-refractivity contribution in [2.24, 2.45) is 0 Å². The SMILES string of the molecule is O=C(CCc1ncc(-c2ccccc2)o1)NCc1ccc(OCC(F)(F)F)cc1. The van der Waals surface area contributed by atoms with Crippen LogP contribution in [0.25, 0.3) is 11.3 Å². The molecule has 0 fully saturated rings. The zero-order chi connectivity index (χ0) is 20.7. The van der Waals surface area contributed by atoms with E-state index in [9.17, 15) is 18.0 Å². The molecule has 0 radical (unpaired) electrons. The fourth-order valence-electron chi connectivity index (χ4n) is 2.54. The Balaban J connectivity index is 1.42. The second-order valence-electron chi connectivity index (χ2n) is 6.31. The summed E-state index contributed by atoms with van der Waals surface area (Å²) >= 11 is 0. The molecule has 0 bridgehead atoms. The summed E-state index contributed by atoms with van der Waals surface area (Å²) in [6.45, 7) is -1.07. The quantitative estimate of drug-likeness (QED) is 0.599. The van der Waals surface area contributed by atoms with Crippen molar-refractivity contribution in [3.8, 4) is 17.1 Å². The minimum atomic E-state index is -4.38. The molecule has 152 valence electrons. The van der Waals surface area contributed by atoms with Crippen molar-refractivity contribution in [2.75, 3.05) is 6.61 Å². The molecule has 0 atom stereocenters. The number of ether oxygens (including phenoxy) is 1. The van der Waals surface area contributed by atoms with Gasteiger partial charge in [0, 0.05) is 24.9 Å². The van der Waals surface area contributed by atoms with Gasteiger partial charge >= 0.3 is 6.18 Å². The molecule has 3 aromatic rings. The standard InChI is InChI=1S/C21H19F3N2O3/c22-21(23,24)14-28-17-8-6-15(7-9-17)12-25-19(27)10-11-20-26-13-18(29-20)16-4-2-1-3-5-16/h1-9,13H,10-12,14H2,(H,25,27). The van der Waals surface area contributed by atoms with Crippen LogP contribution in [0.5, 0.6) is 5.75 Å². The van der Waals surface area contributed by atoms with Gasteiger partial charge in [-0.2, -0.15) is 13.2 Å². The van der Waals surface area contributed by atoms with Crippen LogP contribution in [-0.2, 0) is 17.8 Å². The van der Waals surface area contributed by atoms with Crippen molar-refractivity contribution in [3.63, 3.8) is 0 Å². The van der Waals surface area contributed by atoms with Gasteiger partial charge in [0.05, 0.1) is 6.20 Å². The molecular weight excluding hydrogens is 385 g/mol. The van der Waals surface area contributed by atoms with Crippen molar-refractivity contribution in [3.05, 3.63) is 72.2 Å². The van der Waals surface area contributed by atoms with Gasteiger partial charge in [0.15, 0.2) is 18.3 Å². The van der Waals surface area contributed by atoms with E-state index in [-0.39, 0.29) is 24.6 Å². The van der Waals surface area contributed by atoms with E-state index in [1.54, 1.807) is 18.3 Å². The van der Waals surface area contributed by atoms with Gasteiger partial charge < -0.3 is 14.5 Å². The summed E-state index contributed by atoms with van der Waals surface area (Å²) in [5, 5.41) is 2.75. The number of oxazole rings is 1. The van der Waals surface area contributed by atoms with E-state index in [0.29, 0.717) is 18.1 Å². The van der Waals surface area contributed by atoms with Gasteiger partial charge in [0.2, 0.25) is 5.91 Å². The topological polar surface area (TPSA) is 64.4 Å². The lowest BCUT2D eigenvalue weighted by Gasteiger charge is -2.10. The molecule has 3 rings (SSSR count). The number of carbonyl (C=O) groups excluding carboxylic acids is 1. The third kappa shape index (κ3) is 6.67. The zero-order valence-corrected chi connectivity index (χ0v) is 15.4. The van der Waals surface area contributed by atoms with Gasteiger partial charge in [-0.1, -0.05) is 42.5 Å². The average molecular weight is 404 g/mol. The number of amides is 1. The Hall–Kier alpha value is -3.29. The highest BCUT2D eigenvalue weighted by atomic mass is 19.4. The second-order valence-corrected chi connectivity index (χ2v) is 6.31. The van der Waals surface area contributed by atoms with Crippen molar-refractivity contribution in [2.45, 2.75) is 25.6 Å². The van der Waals surface area contributed by atoms with E-state index in [0.717, 1.165) is 11.1 Å². The Kier molecular flexibility index (Phi) is 6.54. The molecule has 0 saturated heterocycles. The Labute approximate surface area is 165 Å². The number of benzene rings is 2. The summed E-state index contributed by atoms with van der Waals surface area (Å²) in [5.74, 6) is 1.07. The minimum Gasteiger partial charge on any atom is -0.484 e. The number of nitrogens with one attached hydrogen (secondary N) is 1. The lowest BCUT2D eigenvalue weighted by Crippen LogP contribution is -2.23. The van der Waals surface area contributed by atoms with Gasteiger partial charge in [-0.05, 0) is 17.7 Å². The third-order valence-electron chi connectivity index (χ3n) is 3.99. The highest BCUT2D eigenvalue weighted by Crippen LogP contribution is 2.20. The molecule has 1 amide bonds. The molecule has 1 heterocycles. The molecule has 5 nitrogen and oxygen atoms in total. The number of alkyl halides is 3. The van der Waals surface area contributed by atoms with Crippen molar-refractivity contribution < 1.29 is 27.1 Å². The highest BCUT2D eigenvalue weighted by molar-refractivity contribution is 5.76. The van der Waals surface area contributed by atoms with E-state index < -0.39 is 12.8 Å². The van der Waals surface area contributed by atoms with Crippen LogP contribution in [0.15, 0.2) is 65.2 Å². The molecule has 0 aliphatic carbocycles. The van der Waals surface area contributed by atoms with Gasteiger partial charge in [-0.25, -0.2) is 4.98 Å². The summed E-state index contributed by atoms with van der Waals surface area (Å²) in [5.41, 5.74) is 1.67. The number of aryl methyl sites for hydroxylation is 1. The molecule has 0 unspecified atom stereocenters. The van der Waals surface area contributed by atoms with E-state index in [1.165, 1.54) is 12.1 Å². The maximum atomic E-state index is 12.1. The molecule has 0 aliphatic rings. The van der Waals surface area contributed by atoms with E-state index in [2.05, 4.69) is 15.0 Å². The number of rotatable bonds is 8. The fraction of sp³-hybridized carbons (Fsp3) is 0.238. The number of hydrogen-bond acceptors (Lipinski definition) is 4. The van der Waals surface area contributed by atoms with Crippen molar-refractivity contribution in [1.82, 2.24) is 10.3 Å². The number of nitrogens with zero attached hydrogens (tertiary/aromatic N) is 1. The molecule has 0 saturated carbocycles. The van der Waals surface area contributed by atoms with Crippen LogP contribution in [0.2, 0.25) is 0 Å². The van der Waals surface area contributed by atoms with Gasteiger partial charge in [0.25, 0.3) is 0 Å². The number of carbonyl (C=O) groups is 1. The fourth-order valence-corrected chi connectivity index (χ4v) is 2.54. The first kappa shape index (κ1) is 20.4. The molecule has 1 N–H and O–H groups in total. The average Bonchev–Trinajstić information content (AvgIpc) is 3.19. The summed E-state index contributed by atoms with van der Waals surface area (Å²) in [6, 6.07) is 15.6. The third-order valence-corrected chi connectivity index (χ3v) is 3.99. The maximum Gasteiger partial charge on any atom is 0.422 e. The van der Waals surface area contributed by atoms with E-state index in [4.69, 9.17) is 4.42 Å². The van der Waals surface area contributed by atoms with Crippen LogP contribution in [0.3, 0.4) is 0 Å². The van der Waals surface area contributed by atoms with E-state index >= 15 is 0 Å². The van der Waals surface area contributed by atoms with Crippen molar-refractivity contribution in [1.29, 1.82) is 0 Å². The predicted octanol–water partition coefficient (Wildman–Crippen LogP) is 4.53. The molecule has 8 heteroatoms. The minimum absolute atomic E-state index is 0.121. The smallest absolute Gasteiger partial charge is 0.422 e. The van der Waals surface area contributed by atoms with Crippen LogP contribution in [0.1, 0.15) is 17.9 Å². The highest BCUT2D eigenvalue weighted by Gasteiger charge is 2.28. The first-order valence-corrected chi connectivity index (χ1v) is 8.94. The van der Waals surface area contributed by atoms with Gasteiger partial charge in [0.1, 0.15) is 5.75 Å². The zero-order valence-electron chi connectivity index (χ0n) is 15.4. The van der Waals surface area contributed by atoms with Crippen LogP contribution in [0.4, 0.5) is 13.2 Å². The largest absolute Gasteiger partial charge is 0.484 e. The van der Waals surface area contributed by atoms with Crippen LogP contribution in [-0.4, -0.2) is 23.7 Å². The van der Waals surface area contributed by atoms with Gasteiger partial charge in [-0.3, -0.25) is 4.79 Å². The maximum absolute atomic E-state index is 12.1. The second kappa shape index (κ2) is 9.27. The Morgan fingerprint density at radius 2 is 1.79 bits per heavy atom. The lowest BCUT2D eigenvalue weighted by molar-refractivity contribution is -0.153. The Morgan fingerprint density at radius 1 is 1.07 bits per heavy atom. The molecule has 2 aromatic carbocycles. The summed E-state index contributed by atoms with van der Waals surface area (Å²) in [7, 11) is 0. The van der Waals surface area contributed by atoms with Crippen LogP contribution >= 0.6 is 0 Å². The summed E-state index contributed by atoms with van der Waals surface area (Å²) in [6.07, 6.45) is -2.17.